The summed E-state index contributed by atoms with van der Waals surface area (Å²) < 4.78 is 1.54. The van der Waals surface area contributed by atoms with Crippen LogP contribution in [0.2, 0.25) is 4.34 Å². The average Bonchev–Trinajstić information content (AvgIpc) is 2.49. The first-order valence-electron chi connectivity index (χ1n) is 4.03. The van der Waals surface area contributed by atoms with Crippen LogP contribution in [0.25, 0.3) is 0 Å². The number of rotatable bonds is 2. The van der Waals surface area contributed by atoms with Crippen LogP contribution in [-0.2, 0) is 0 Å². The van der Waals surface area contributed by atoms with E-state index in [1.54, 1.807) is 6.20 Å². The molecular weight excluding hydrogens is 347 g/mol. The summed E-state index contributed by atoms with van der Waals surface area (Å²) in [4.78, 5) is 12.5. The molecule has 0 unspecified atom stereocenters. The fourth-order valence-electron chi connectivity index (χ4n) is 1.02. The van der Waals surface area contributed by atoms with Gasteiger partial charge in [-0.25, -0.2) is 15.0 Å². The van der Waals surface area contributed by atoms with Crippen molar-refractivity contribution in [1.29, 1.82) is 0 Å². The van der Waals surface area contributed by atoms with E-state index in [-0.39, 0.29) is 0 Å². The Hall–Kier alpha value is -0.470. The highest BCUT2D eigenvalue weighted by molar-refractivity contribution is 14.1. The minimum Gasteiger partial charge on any atom is -0.316 e. The zero-order valence-electron chi connectivity index (χ0n) is 7.66. The highest BCUT2D eigenvalue weighted by Crippen LogP contribution is 2.25. The molecule has 1 N–H and O–H groups in total. The monoisotopic (exact) mass is 352 g/mol. The van der Waals surface area contributed by atoms with E-state index >= 15 is 0 Å². The van der Waals surface area contributed by atoms with Crippen molar-refractivity contribution in [2.24, 2.45) is 0 Å². The molecule has 0 spiro atoms. The largest absolute Gasteiger partial charge is 0.316 e. The number of aryl methyl sites for hydroxylation is 1. The molecule has 2 rings (SSSR count). The molecule has 0 saturated carbocycles. The quantitative estimate of drug-likeness (QED) is 0.666. The Labute approximate surface area is 109 Å². The molecule has 2 aromatic rings. The predicted octanol–water partition coefficient (Wildman–Crippen LogP) is 3.24. The molecule has 0 aliphatic carbocycles. The Bertz CT molecular complexity index is 467. The minimum atomic E-state index is 0.651. The molecule has 0 aromatic carbocycles. The molecule has 2 aromatic heterocycles. The summed E-state index contributed by atoms with van der Waals surface area (Å²) in [5, 5.41) is 3.80. The van der Waals surface area contributed by atoms with Crippen molar-refractivity contribution in [1.82, 2.24) is 15.0 Å². The van der Waals surface area contributed by atoms with E-state index in [9.17, 15) is 0 Å². The molecule has 2 heterocycles. The van der Waals surface area contributed by atoms with Crippen molar-refractivity contribution in [2.45, 2.75) is 6.92 Å². The first-order chi connectivity index (χ1) is 7.13. The molecule has 0 fully saturated rings. The van der Waals surface area contributed by atoms with Crippen LogP contribution in [0.1, 0.15) is 5.82 Å². The van der Waals surface area contributed by atoms with Gasteiger partial charge in [-0.3, -0.25) is 0 Å². The lowest BCUT2D eigenvalue weighted by Crippen LogP contribution is -1.98. The van der Waals surface area contributed by atoms with Gasteiger partial charge in [-0.15, -0.1) is 0 Å². The van der Waals surface area contributed by atoms with Gasteiger partial charge in [-0.1, -0.05) is 22.9 Å². The van der Waals surface area contributed by atoms with E-state index in [2.05, 4.69) is 42.9 Å². The third-order valence-corrected chi connectivity index (χ3v) is 3.10. The van der Waals surface area contributed by atoms with Gasteiger partial charge in [-0.2, -0.15) is 0 Å². The molecule has 0 saturated heterocycles. The van der Waals surface area contributed by atoms with Gasteiger partial charge in [0.25, 0.3) is 0 Å². The van der Waals surface area contributed by atoms with E-state index in [0.29, 0.717) is 4.34 Å². The second-order valence-corrected chi connectivity index (χ2v) is 5.48. The second-order valence-electron chi connectivity index (χ2n) is 2.72. The van der Waals surface area contributed by atoms with Gasteiger partial charge < -0.3 is 5.32 Å². The molecule has 0 amide bonds. The van der Waals surface area contributed by atoms with Crippen molar-refractivity contribution >= 4 is 56.5 Å². The topological polar surface area (TPSA) is 50.7 Å². The maximum Gasteiger partial charge on any atom is 0.189 e. The van der Waals surface area contributed by atoms with Gasteiger partial charge >= 0.3 is 0 Å². The molecule has 0 bridgehead atoms. The highest BCUT2D eigenvalue weighted by Gasteiger charge is 2.03. The lowest BCUT2D eigenvalue weighted by Gasteiger charge is -2.02. The molecule has 4 nitrogen and oxygen atoms in total. The summed E-state index contributed by atoms with van der Waals surface area (Å²) in [6, 6.07) is 1.85. The lowest BCUT2D eigenvalue weighted by atomic mass is 10.5. The van der Waals surface area contributed by atoms with Crippen LogP contribution in [0.15, 0.2) is 12.3 Å². The van der Waals surface area contributed by atoms with Crippen molar-refractivity contribution in [3.63, 3.8) is 0 Å². The van der Waals surface area contributed by atoms with Crippen molar-refractivity contribution in [3.05, 3.63) is 26.1 Å². The number of halogens is 2. The summed E-state index contributed by atoms with van der Waals surface area (Å²) in [5.74, 6) is 1.46. The van der Waals surface area contributed by atoms with Crippen LogP contribution in [0.3, 0.4) is 0 Å². The van der Waals surface area contributed by atoms with Crippen molar-refractivity contribution < 1.29 is 0 Å². The van der Waals surface area contributed by atoms with Gasteiger partial charge in [0, 0.05) is 6.07 Å². The molecule has 0 aliphatic heterocycles. The zero-order valence-corrected chi connectivity index (χ0v) is 11.4. The van der Waals surface area contributed by atoms with Crippen LogP contribution in [0.5, 0.6) is 0 Å². The molecule has 78 valence electrons. The molecule has 7 heteroatoms. The van der Waals surface area contributed by atoms with E-state index in [0.717, 1.165) is 20.5 Å². The van der Waals surface area contributed by atoms with E-state index in [4.69, 9.17) is 11.6 Å². The third-order valence-electron chi connectivity index (χ3n) is 1.52. The number of nitrogens with zero attached hydrogens (tertiary/aromatic N) is 3. The van der Waals surface area contributed by atoms with Crippen LogP contribution in [0.4, 0.5) is 10.9 Å². The summed E-state index contributed by atoms with van der Waals surface area (Å²) in [6.45, 7) is 1.85. The van der Waals surface area contributed by atoms with E-state index < -0.39 is 0 Å². The molecule has 0 radical (unpaired) electrons. The Morgan fingerprint density at radius 3 is 2.87 bits per heavy atom. The zero-order chi connectivity index (χ0) is 10.8. The first-order valence-corrected chi connectivity index (χ1v) is 6.30. The van der Waals surface area contributed by atoms with Gasteiger partial charge in [0.1, 0.15) is 19.7 Å². The SMILES string of the molecule is Cc1nc(I)cc(Nc2ncc(Cl)s2)n1. The molecular formula is C8H6ClIN4S. The van der Waals surface area contributed by atoms with Gasteiger partial charge in [0.2, 0.25) is 0 Å². The molecule has 15 heavy (non-hydrogen) atoms. The first kappa shape index (κ1) is 11.0. The van der Waals surface area contributed by atoms with Crippen LogP contribution < -0.4 is 5.32 Å². The highest BCUT2D eigenvalue weighted by atomic mass is 127. The van der Waals surface area contributed by atoms with E-state index in [1.807, 2.05) is 13.0 Å². The van der Waals surface area contributed by atoms with Crippen LogP contribution >= 0.6 is 45.5 Å². The second kappa shape index (κ2) is 4.58. The Morgan fingerprint density at radius 1 is 1.47 bits per heavy atom. The van der Waals surface area contributed by atoms with Crippen LogP contribution in [0, 0.1) is 10.6 Å². The lowest BCUT2D eigenvalue weighted by molar-refractivity contribution is 1.03. The Kier molecular flexibility index (Phi) is 3.37. The standard InChI is InChI=1S/C8H6ClIN4S/c1-4-12-6(10)2-7(13-4)14-8-11-3-5(9)15-8/h2-3H,1H3,(H,11,12,13,14). The van der Waals surface area contributed by atoms with Crippen LogP contribution in [-0.4, -0.2) is 15.0 Å². The summed E-state index contributed by atoms with van der Waals surface area (Å²) in [5.41, 5.74) is 0. The van der Waals surface area contributed by atoms with Crippen molar-refractivity contribution in [2.75, 3.05) is 5.32 Å². The maximum atomic E-state index is 5.77. The summed E-state index contributed by atoms with van der Waals surface area (Å²) in [7, 11) is 0. The number of aromatic nitrogens is 3. The molecule has 0 aliphatic rings. The number of anilines is 2. The summed E-state index contributed by atoms with van der Waals surface area (Å²) >= 11 is 9.29. The maximum absolute atomic E-state index is 5.77. The number of nitrogens with one attached hydrogen (secondary N) is 1. The minimum absolute atomic E-state index is 0.651. The third kappa shape index (κ3) is 2.99. The smallest absolute Gasteiger partial charge is 0.189 e. The fourth-order valence-corrected chi connectivity index (χ4v) is 2.48. The van der Waals surface area contributed by atoms with Gasteiger partial charge in [0.15, 0.2) is 5.13 Å². The molecule has 0 atom stereocenters. The average molecular weight is 353 g/mol. The number of thiazole rings is 1. The summed E-state index contributed by atoms with van der Waals surface area (Å²) in [6.07, 6.45) is 1.60. The van der Waals surface area contributed by atoms with Gasteiger partial charge in [-0.05, 0) is 29.5 Å². The van der Waals surface area contributed by atoms with E-state index in [1.165, 1.54) is 11.3 Å². The number of hydrogen-bond donors (Lipinski definition) is 1. The fraction of sp³-hybridized carbons (Fsp3) is 0.125. The number of hydrogen-bond acceptors (Lipinski definition) is 5. The predicted molar refractivity (Wildman–Crippen MR) is 69.9 cm³/mol. The Balaban J connectivity index is 2.24. The normalized spacial score (nSPS) is 10.3. The van der Waals surface area contributed by atoms with Crippen molar-refractivity contribution in [3.8, 4) is 0 Å². The Morgan fingerprint density at radius 2 is 2.27 bits per heavy atom. The van der Waals surface area contributed by atoms with Gasteiger partial charge in [0.05, 0.1) is 6.20 Å².